The zero-order chi connectivity index (χ0) is 22.5. The number of para-hydroxylation sites is 1. The van der Waals surface area contributed by atoms with Crippen molar-refractivity contribution in [3.63, 3.8) is 0 Å². The van der Waals surface area contributed by atoms with E-state index in [1.165, 1.54) is 38.4 Å². The number of nitro groups is 1. The molecular weight excluding hydrogens is 409 g/mol. The molecule has 0 bridgehead atoms. The molecule has 0 aliphatic heterocycles. The molecule has 30 heavy (non-hydrogen) atoms. The molecule has 11 heteroatoms. The van der Waals surface area contributed by atoms with Gasteiger partial charge in [-0.3, -0.25) is 14.9 Å². The van der Waals surface area contributed by atoms with E-state index >= 15 is 0 Å². The second-order valence-electron chi connectivity index (χ2n) is 6.03. The Morgan fingerprint density at radius 1 is 1.17 bits per heavy atom. The highest BCUT2D eigenvalue weighted by atomic mass is 19.4. The zero-order valence-corrected chi connectivity index (χ0v) is 16.4. The third-order valence-corrected chi connectivity index (χ3v) is 3.96. The molecule has 0 atom stereocenters. The first-order valence-corrected chi connectivity index (χ1v) is 8.65. The molecule has 0 aliphatic rings. The van der Waals surface area contributed by atoms with Crippen LogP contribution in [0.25, 0.3) is 0 Å². The summed E-state index contributed by atoms with van der Waals surface area (Å²) in [4.78, 5) is 24.6. The van der Waals surface area contributed by atoms with Crippen molar-refractivity contribution in [1.29, 1.82) is 0 Å². The topological polar surface area (TPSA) is 91.1 Å². The normalized spacial score (nSPS) is 11.0. The Balaban J connectivity index is 2.39. The smallest absolute Gasteiger partial charge is 0.493 e. The van der Waals surface area contributed by atoms with E-state index in [9.17, 15) is 28.1 Å². The first kappa shape index (κ1) is 22.8. The van der Waals surface area contributed by atoms with Gasteiger partial charge in [-0.1, -0.05) is 18.2 Å². The number of carbonyl (C=O) groups excluding carboxylic acids is 1. The van der Waals surface area contributed by atoms with Gasteiger partial charge in [0.25, 0.3) is 11.6 Å². The van der Waals surface area contributed by atoms with Crippen LogP contribution < -0.4 is 14.2 Å². The Bertz CT molecular complexity index is 933. The summed E-state index contributed by atoms with van der Waals surface area (Å²) >= 11 is 0. The molecule has 0 fully saturated rings. The molecule has 162 valence electrons. The summed E-state index contributed by atoms with van der Waals surface area (Å²) in [5.41, 5.74) is -0.736. The predicted molar refractivity (Wildman–Crippen MR) is 99.7 cm³/mol. The molecule has 1 amide bonds. The number of halogens is 3. The molecule has 0 radical (unpaired) electrons. The average molecular weight is 428 g/mol. The number of nitrogens with zero attached hydrogens (tertiary/aromatic N) is 2. The molecule has 0 saturated carbocycles. The van der Waals surface area contributed by atoms with E-state index in [-0.39, 0.29) is 35.8 Å². The number of amides is 1. The van der Waals surface area contributed by atoms with Gasteiger partial charge in [0.05, 0.1) is 24.7 Å². The zero-order valence-electron chi connectivity index (χ0n) is 16.4. The Kier molecular flexibility index (Phi) is 7.09. The van der Waals surface area contributed by atoms with Gasteiger partial charge in [-0.15, -0.1) is 13.2 Å². The quantitative estimate of drug-likeness (QED) is 0.463. The van der Waals surface area contributed by atoms with E-state index in [0.29, 0.717) is 0 Å². The lowest BCUT2D eigenvalue weighted by Gasteiger charge is -2.20. The van der Waals surface area contributed by atoms with E-state index in [4.69, 9.17) is 9.47 Å². The number of ether oxygens (including phenoxy) is 3. The molecule has 0 aliphatic carbocycles. The summed E-state index contributed by atoms with van der Waals surface area (Å²) in [5.74, 6) is -1.05. The largest absolute Gasteiger partial charge is 0.573 e. The minimum atomic E-state index is -4.90. The van der Waals surface area contributed by atoms with Crippen molar-refractivity contribution in [2.24, 2.45) is 0 Å². The monoisotopic (exact) mass is 428 g/mol. The fourth-order valence-electron chi connectivity index (χ4n) is 2.69. The van der Waals surface area contributed by atoms with Crippen molar-refractivity contribution in [2.45, 2.75) is 19.8 Å². The van der Waals surface area contributed by atoms with E-state index in [1.54, 1.807) is 6.92 Å². The molecule has 8 nitrogen and oxygen atoms in total. The number of nitro benzene ring substituents is 1. The lowest BCUT2D eigenvalue weighted by atomic mass is 10.1. The van der Waals surface area contributed by atoms with Crippen LogP contribution in [0.5, 0.6) is 17.2 Å². The highest BCUT2D eigenvalue weighted by Crippen LogP contribution is 2.35. The standard InChI is InChI=1S/C19H19F3N2O6/c1-4-29-17-9-13(14(24(26)27)10-16(17)28-3)18(25)23(2)11-12-7-5-6-8-15(12)30-19(20,21)22/h5-10H,4,11H2,1-3H3. The number of methoxy groups -OCH3 is 1. The number of carbonyl (C=O) groups is 1. The van der Waals surface area contributed by atoms with Gasteiger partial charge in [-0.05, 0) is 13.0 Å². The Morgan fingerprint density at radius 2 is 1.83 bits per heavy atom. The fourth-order valence-corrected chi connectivity index (χ4v) is 2.69. The summed E-state index contributed by atoms with van der Waals surface area (Å²) in [6.45, 7) is 1.63. The first-order valence-electron chi connectivity index (χ1n) is 8.65. The molecule has 2 rings (SSSR count). The first-order chi connectivity index (χ1) is 14.1. The summed E-state index contributed by atoms with van der Waals surface area (Å²) in [6, 6.07) is 7.56. The van der Waals surface area contributed by atoms with Crippen LogP contribution in [0.1, 0.15) is 22.8 Å². The van der Waals surface area contributed by atoms with Gasteiger partial charge in [-0.2, -0.15) is 0 Å². The number of hydrogen-bond acceptors (Lipinski definition) is 6. The second-order valence-corrected chi connectivity index (χ2v) is 6.03. The van der Waals surface area contributed by atoms with E-state index < -0.39 is 28.6 Å². The van der Waals surface area contributed by atoms with E-state index in [0.717, 1.165) is 17.0 Å². The number of hydrogen-bond donors (Lipinski definition) is 0. The van der Waals surface area contributed by atoms with Gasteiger partial charge in [0.15, 0.2) is 11.5 Å². The lowest BCUT2D eigenvalue weighted by molar-refractivity contribution is -0.385. The predicted octanol–water partition coefficient (Wildman–Crippen LogP) is 4.17. The highest BCUT2D eigenvalue weighted by Gasteiger charge is 2.32. The minimum Gasteiger partial charge on any atom is -0.493 e. The summed E-state index contributed by atoms with van der Waals surface area (Å²) in [5, 5.41) is 11.4. The molecule has 2 aromatic carbocycles. The van der Waals surface area contributed by atoms with Gasteiger partial charge in [0.1, 0.15) is 11.3 Å². The Morgan fingerprint density at radius 3 is 2.40 bits per heavy atom. The summed E-state index contributed by atoms with van der Waals surface area (Å²) in [7, 11) is 2.60. The van der Waals surface area contributed by atoms with Gasteiger partial charge in [-0.25, -0.2) is 0 Å². The number of benzene rings is 2. The van der Waals surface area contributed by atoms with Gasteiger partial charge < -0.3 is 19.1 Å². The molecule has 0 heterocycles. The summed E-state index contributed by atoms with van der Waals surface area (Å²) in [6.07, 6.45) is -4.90. The van der Waals surface area contributed by atoms with Crippen molar-refractivity contribution >= 4 is 11.6 Å². The third-order valence-electron chi connectivity index (χ3n) is 3.96. The van der Waals surface area contributed by atoms with Crippen molar-refractivity contribution in [2.75, 3.05) is 20.8 Å². The Labute approximate surface area is 169 Å². The van der Waals surface area contributed by atoms with Crippen LogP contribution in [-0.4, -0.2) is 42.9 Å². The van der Waals surface area contributed by atoms with Crippen LogP contribution in [-0.2, 0) is 6.54 Å². The van der Waals surface area contributed by atoms with Crippen LogP contribution >= 0.6 is 0 Å². The number of rotatable bonds is 8. The number of alkyl halides is 3. The van der Waals surface area contributed by atoms with Crippen molar-refractivity contribution in [3.8, 4) is 17.2 Å². The molecular formula is C19H19F3N2O6. The van der Waals surface area contributed by atoms with E-state index in [1.807, 2.05) is 0 Å². The maximum atomic E-state index is 12.9. The maximum absolute atomic E-state index is 12.9. The van der Waals surface area contributed by atoms with Gasteiger partial charge in [0.2, 0.25) is 0 Å². The lowest BCUT2D eigenvalue weighted by Crippen LogP contribution is -2.28. The van der Waals surface area contributed by atoms with Crippen LogP contribution in [0.2, 0.25) is 0 Å². The van der Waals surface area contributed by atoms with Crippen LogP contribution in [0, 0.1) is 10.1 Å². The molecule has 0 unspecified atom stereocenters. The molecule has 0 spiro atoms. The van der Waals surface area contributed by atoms with Crippen LogP contribution in [0.4, 0.5) is 18.9 Å². The Hall–Kier alpha value is -3.50. The maximum Gasteiger partial charge on any atom is 0.573 e. The van der Waals surface area contributed by atoms with Gasteiger partial charge >= 0.3 is 6.36 Å². The molecule has 0 N–H and O–H groups in total. The van der Waals surface area contributed by atoms with E-state index in [2.05, 4.69) is 4.74 Å². The fraction of sp³-hybridized carbons (Fsp3) is 0.316. The second kappa shape index (κ2) is 9.33. The van der Waals surface area contributed by atoms with Crippen molar-refractivity contribution in [1.82, 2.24) is 4.90 Å². The van der Waals surface area contributed by atoms with Crippen LogP contribution in [0.3, 0.4) is 0 Å². The van der Waals surface area contributed by atoms with Crippen molar-refractivity contribution < 1.29 is 37.1 Å². The third kappa shape index (κ3) is 5.52. The van der Waals surface area contributed by atoms with Crippen LogP contribution in [0.15, 0.2) is 36.4 Å². The average Bonchev–Trinajstić information content (AvgIpc) is 2.67. The van der Waals surface area contributed by atoms with Gasteiger partial charge in [0, 0.05) is 25.2 Å². The summed E-state index contributed by atoms with van der Waals surface area (Å²) < 4.78 is 52.2. The highest BCUT2D eigenvalue weighted by molar-refractivity contribution is 5.99. The molecule has 0 aromatic heterocycles. The van der Waals surface area contributed by atoms with Crippen molar-refractivity contribution in [3.05, 3.63) is 57.6 Å². The SMILES string of the molecule is CCOc1cc(C(=O)N(C)Cc2ccccc2OC(F)(F)F)c([N+](=O)[O-])cc1OC. The minimum absolute atomic E-state index is 0.0756. The molecule has 2 aromatic rings. The molecule has 0 saturated heterocycles.